The van der Waals surface area contributed by atoms with Gasteiger partial charge < -0.3 is 15.2 Å². The molecule has 1 amide bonds. The molecule has 0 spiro atoms. The average molecular weight is 343 g/mol. The van der Waals surface area contributed by atoms with Gasteiger partial charge in [-0.25, -0.2) is 9.59 Å². The van der Waals surface area contributed by atoms with Gasteiger partial charge in [0.05, 0.1) is 0 Å². The topological polar surface area (TPSA) is 75.6 Å². The van der Waals surface area contributed by atoms with Crippen LogP contribution in [-0.2, 0) is 9.53 Å². The molecule has 0 aromatic heterocycles. The lowest BCUT2D eigenvalue weighted by atomic mass is 10.2. The van der Waals surface area contributed by atoms with Crippen LogP contribution >= 0.6 is 22.6 Å². The van der Waals surface area contributed by atoms with E-state index < -0.39 is 23.7 Å². The minimum Gasteiger partial charge on any atom is -0.480 e. The second kappa shape index (κ2) is 6.93. The highest BCUT2D eigenvalue weighted by atomic mass is 127. The molecule has 0 heterocycles. The Hall–Kier alpha value is -0.530. The molecule has 6 heteroatoms. The summed E-state index contributed by atoms with van der Waals surface area (Å²) in [5.74, 6) is -1.03. The average Bonchev–Trinajstić information content (AvgIpc) is 2.08. The Bertz CT molecular complexity index is 250. The predicted octanol–water partition coefficient (Wildman–Crippen LogP) is 2.18. The Morgan fingerprint density at radius 3 is 2.38 bits per heavy atom. The van der Waals surface area contributed by atoms with Gasteiger partial charge in [0.15, 0.2) is 0 Å². The standard InChI is InChI=1S/C10H18INO4/c1-10(2,3)16-9(15)12-7(8(13)14)5-4-6-11/h7H,4-6H2,1-3H3,(H,12,15)(H,13,14). The highest BCUT2D eigenvalue weighted by Gasteiger charge is 2.23. The molecular weight excluding hydrogens is 325 g/mol. The first kappa shape index (κ1) is 15.5. The minimum absolute atomic E-state index is 0.414. The molecule has 0 bridgehead atoms. The lowest BCUT2D eigenvalue weighted by Gasteiger charge is -2.21. The number of carbonyl (C=O) groups excluding carboxylic acids is 1. The number of hydrogen-bond donors (Lipinski definition) is 2. The van der Waals surface area contributed by atoms with Gasteiger partial charge in [-0.05, 0) is 38.0 Å². The fraction of sp³-hybridized carbons (Fsp3) is 0.800. The van der Waals surface area contributed by atoms with E-state index in [1.807, 2.05) is 0 Å². The summed E-state index contributed by atoms with van der Waals surface area (Å²) in [5, 5.41) is 11.2. The van der Waals surface area contributed by atoms with Crippen molar-refractivity contribution in [2.45, 2.75) is 45.3 Å². The largest absolute Gasteiger partial charge is 0.480 e. The maximum absolute atomic E-state index is 11.3. The first-order valence-corrected chi connectivity index (χ1v) is 6.57. The van der Waals surface area contributed by atoms with Gasteiger partial charge in [0.2, 0.25) is 0 Å². The monoisotopic (exact) mass is 343 g/mol. The van der Waals surface area contributed by atoms with Crippen LogP contribution in [0, 0.1) is 0 Å². The molecule has 5 nitrogen and oxygen atoms in total. The van der Waals surface area contributed by atoms with E-state index in [-0.39, 0.29) is 0 Å². The van der Waals surface area contributed by atoms with Gasteiger partial charge in [-0.1, -0.05) is 22.6 Å². The number of ether oxygens (including phenoxy) is 1. The zero-order valence-corrected chi connectivity index (χ0v) is 11.9. The number of aliphatic carboxylic acids is 1. The van der Waals surface area contributed by atoms with Crippen molar-refractivity contribution in [3.05, 3.63) is 0 Å². The molecule has 2 N–H and O–H groups in total. The zero-order valence-electron chi connectivity index (χ0n) is 9.75. The molecule has 1 unspecified atom stereocenters. The van der Waals surface area contributed by atoms with Crippen LogP contribution in [0.25, 0.3) is 0 Å². The van der Waals surface area contributed by atoms with Crippen molar-refractivity contribution < 1.29 is 19.4 Å². The van der Waals surface area contributed by atoms with Gasteiger partial charge in [-0.3, -0.25) is 0 Å². The molecule has 0 saturated carbocycles. The Morgan fingerprint density at radius 2 is 2.00 bits per heavy atom. The third-order valence-electron chi connectivity index (χ3n) is 1.62. The highest BCUT2D eigenvalue weighted by molar-refractivity contribution is 14.1. The van der Waals surface area contributed by atoms with Gasteiger partial charge in [0.1, 0.15) is 11.6 Å². The van der Waals surface area contributed by atoms with Crippen LogP contribution in [-0.4, -0.2) is 33.2 Å². The van der Waals surface area contributed by atoms with Crippen molar-refractivity contribution in [2.75, 3.05) is 4.43 Å². The van der Waals surface area contributed by atoms with E-state index in [1.54, 1.807) is 20.8 Å². The summed E-state index contributed by atoms with van der Waals surface area (Å²) in [4.78, 5) is 22.2. The zero-order chi connectivity index (χ0) is 12.8. The third kappa shape index (κ3) is 7.72. The lowest BCUT2D eigenvalue weighted by Crippen LogP contribution is -2.43. The SMILES string of the molecule is CC(C)(C)OC(=O)NC(CCCI)C(=O)O. The lowest BCUT2D eigenvalue weighted by molar-refractivity contribution is -0.139. The molecule has 94 valence electrons. The molecule has 0 aliphatic rings. The first-order chi connectivity index (χ1) is 7.26. The number of alkyl halides is 1. The van der Waals surface area contributed by atoms with E-state index in [9.17, 15) is 9.59 Å². The van der Waals surface area contributed by atoms with Crippen molar-refractivity contribution in [1.29, 1.82) is 0 Å². The highest BCUT2D eigenvalue weighted by Crippen LogP contribution is 2.08. The summed E-state index contributed by atoms with van der Waals surface area (Å²) in [5.41, 5.74) is -0.615. The minimum atomic E-state index is -1.03. The van der Waals surface area contributed by atoms with E-state index >= 15 is 0 Å². The first-order valence-electron chi connectivity index (χ1n) is 5.04. The van der Waals surface area contributed by atoms with Crippen LogP contribution in [0.5, 0.6) is 0 Å². The Labute approximate surface area is 109 Å². The fourth-order valence-electron chi connectivity index (χ4n) is 0.988. The summed E-state index contributed by atoms with van der Waals surface area (Å²) < 4.78 is 5.84. The molecule has 0 aliphatic heterocycles. The quantitative estimate of drug-likeness (QED) is 0.593. The molecule has 1 atom stereocenters. The second-order valence-electron chi connectivity index (χ2n) is 4.37. The molecule has 0 radical (unpaired) electrons. The summed E-state index contributed by atoms with van der Waals surface area (Å²) in [7, 11) is 0. The number of carboxylic acids is 1. The van der Waals surface area contributed by atoms with Gasteiger partial charge in [-0.2, -0.15) is 0 Å². The molecule has 16 heavy (non-hydrogen) atoms. The summed E-state index contributed by atoms with van der Waals surface area (Å²) in [6.07, 6.45) is 0.471. The van der Waals surface area contributed by atoms with E-state index in [1.165, 1.54) is 0 Å². The normalized spacial score (nSPS) is 13.0. The maximum atomic E-state index is 11.3. The Morgan fingerprint density at radius 1 is 1.44 bits per heavy atom. The van der Waals surface area contributed by atoms with E-state index in [4.69, 9.17) is 9.84 Å². The predicted molar refractivity (Wildman–Crippen MR) is 68.9 cm³/mol. The number of carbonyl (C=O) groups is 2. The summed E-state index contributed by atoms with van der Waals surface area (Å²) in [6.45, 7) is 5.19. The molecule has 0 saturated heterocycles. The smallest absolute Gasteiger partial charge is 0.408 e. The van der Waals surface area contributed by atoms with Crippen LogP contribution in [0.15, 0.2) is 0 Å². The van der Waals surface area contributed by atoms with Gasteiger partial charge in [0, 0.05) is 0 Å². The fourth-order valence-corrected chi connectivity index (χ4v) is 1.43. The maximum Gasteiger partial charge on any atom is 0.408 e. The number of alkyl carbamates (subject to hydrolysis) is 1. The van der Waals surface area contributed by atoms with E-state index in [0.29, 0.717) is 6.42 Å². The number of amides is 1. The summed E-state index contributed by atoms with van der Waals surface area (Å²) in [6, 6.07) is -0.871. The van der Waals surface area contributed by atoms with Crippen molar-refractivity contribution in [3.63, 3.8) is 0 Å². The van der Waals surface area contributed by atoms with Gasteiger partial charge in [-0.15, -0.1) is 0 Å². The van der Waals surface area contributed by atoms with Crippen molar-refractivity contribution in [1.82, 2.24) is 5.32 Å². The summed E-state index contributed by atoms with van der Waals surface area (Å²) >= 11 is 2.16. The van der Waals surface area contributed by atoms with Crippen LogP contribution in [0.2, 0.25) is 0 Å². The van der Waals surface area contributed by atoms with Crippen LogP contribution in [0.4, 0.5) is 4.79 Å². The number of hydrogen-bond acceptors (Lipinski definition) is 3. The molecular formula is C10H18INO4. The number of halogens is 1. The van der Waals surface area contributed by atoms with Crippen molar-refractivity contribution in [3.8, 4) is 0 Å². The number of rotatable bonds is 5. The Kier molecular flexibility index (Phi) is 6.70. The van der Waals surface area contributed by atoms with Crippen LogP contribution in [0.3, 0.4) is 0 Å². The van der Waals surface area contributed by atoms with E-state index in [2.05, 4.69) is 27.9 Å². The third-order valence-corrected chi connectivity index (χ3v) is 2.38. The second-order valence-corrected chi connectivity index (χ2v) is 5.45. The molecule has 0 aliphatic carbocycles. The molecule has 0 rings (SSSR count). The van der Waals surface area contributed by atoms with Gasteiger partial charge >= 0.3 is 12.1 Å². The van der Waals surface area contributed by atoms with Crippen LogP contribution in [0.1, 0.15) is 33.6 Å². The Balaban J connectivity index is 4.19. The van der Waals surface area contributed by atoms with Crippen molar-refractivity contribution >= 4 is 34.7 Å². The van der Waals surface area contributed by atoms with E-state index in [0.717, 1.165) is 10.8 Å². The number of carboxylic acid groups (broad SMARTS) is 1. The van der Waals surface area contributed by atoms with Crippen LogP contribution < -0.4 is 5.32 Å². The number of nitrogens with one attached hydrogen (secondary N) is 1. The van der Waals surface area contributed by atoms with Gasteiger partial charge in [0.25, 0.3) is 0 Å². The van der Waals surface area contributed by atoms with Crippen molar-refractivity contribution in [2.24, 2.45) is 0 Å². The molecule has 0 aromatic carbocycles. The molecule has 0 fully saturated rings. The molecule has 0 aromatic rings.